The van der Waals surface area contributed by atoms with Crippen molar-refractivity contribution in [2.45, 2.75) is 45.6 Å². The first kappa shape index (κ1) is 13.8. The van der Waals surface area contributed by atoms with Gasteiger partial charge in [-0.1, -0.05) is 0 Å². The van der Waals surface area contributed by atoms with Gasteiger partial charge in [-0.25, -0.2) is 4.79 Å². The molecule has 0 saturated heterocycles. The minimum atomic E-state index is -0.151. The molecule has 0 aliphatic heterocycles. The van der Waals surface area contributed by atoms with Crippen molar-refractivity contribution in [2.75, 3.05) is 19.6 Å². The van der Waals surface area contributed by atoms with Crippen LogP contribution in [0, 0.1) is 0 Å². The van der Waals surface area contributed by atoms with Gasteiger partial charge in [0.25, 0.3) is 0 Å². The summed E-state index contributed by atoms with van der Waals surface area (Å²) in [6.45, 7) is 5.78. The van der Waals surface area contributed by atoms with Crippen LogP contribution in [-0.4, -0.2) is 42.5 Å². The molecule has 0 unspecified atom stereocenters. The van der Waals surface area contributed by atoms with Crippen LogP contribution >= 0.6 is 0 Å². The maximum atomic E-state index is 11.6. The molecular formula is C12H23N3O2. The number of hydrogen-bond donors (Lipinski definition) is 2. The highest BCUT2D eigenvalue weighted by molar-refractivity contribution is 5.78. The normalized spacial score (nSPS) is 14.9. The van der Waals surface area contributed by atoms with E-state index in [1.54, 1.807) is 4.90 Å². The molecule has 98 valence electrons. The van der Waals surface area contributed by atoms with E-state index in [1.165, 1.54) is 6.42 Å². The molecule has 17 heavy (non-hydrogen) atoms. The van der Waals surface area contributed by atoms with Crippen molar-refractivity contribution in [1.82, 2.24) is 15.5 Å². The molecule has 1 aliphatic rings. The van der Waals surface area contributed by atoms with E-state index in [1.807, 2.05) is 13.8 Å². The van der Waals surface area contributed by atoms with Gasteiger partial charge < -0.3 is 15.5 Å². The molecule has 3 amide bonds. The largest absolute Gasteiger partial charge is 0.343 e. The number of rotatable bonds is 6. The maximum Gasteiger partial charge on any atom is 0.315 e. The van der Waals surface area contributed by atoms with Crippen molar-refractivity contribution in [3.05, 3.63) is 0 Å². The Morgan fingerprint density at radius 3 is 2.35 bits per heavy atom. The third-order valence-corrected chi connectivity index (χ3v) is 3.18. The molecule has 2 N–H and O–H groups in total. The van der Waals surface area contributed by atoms with Crippen LogP contribution in [0.2, 0.25) is 0 Å². The summed E-state index contributed by atoms with van der Waals surface area (Å²) in [7, 11) is 0. The zero-order chi connectivity index (χ0) is 12.7. The van der Waals surface area contributed by atoms with Crippen LogP contribution in [-0.2, 0) is 4.79 Å². The lowest BCUT2D eigenvalue weighted by atomic mass is 9.93. The molecule has 0 spiro atoms. The van der Waals surface area contributed by atoms with E-state index in [-0.39, 0.29) is 11.9 Å². The standard InChI is InChI=1S/C12H23N3O2/c1-3-15(4-2)11(16)8-9-13-12(17)14-10-6-5-7-10/h10H,3-9H2,1-2H3,(H2,13,14,17). The number of urea groups is 1. The lowest BCUT2D eigenvalue weighted by Crippen LogP contribution is -2.46. The van der Waals surface area contributed by atoms with Gasteiger partial charge in [0.1, 0.15) is 0 Å². The van der Waals surface area contributed by atoms with Crippen LogP contribution in [0.3, 0.4) is 0 Å². The first-order chi connectivity index (χ1) is 8.17. The molecule has 0 heterocycles. The Morgan fingerprint density at radius 2 is 1.88 bits per heavy atom. The van der Waals surface area contributed by atoms with Gasteiger partial charge in [-0.05, 0) is 33.1 Å². The number of nitrogens with zero attached hydrogens (tertiary/aromatic N) is 1. The van der Waals surface area contributed by atoms with Crippen LogP contribution in [0.4, 0.5) is 4.79 Å². The predicted molar refractivity (Wildman–Crippen MR) is 66.7 cm³/mol. The van der Waals surface area contributed by atoms with Gasteiger partial charge in [-0.15, -0.1) is 0 Å². The first-order valence-corrected chi connectivity index (χ1v) is 6.49. The highest BCUT2D eigenvalue weighted by Gasteiger charge is 2.19. The van der Waals surface area contributed by atoms with E-state index in [0.717, 1.165) is 25.9 Å². The number of hydrogen-bond acceptors (Lipinski definition) is 2. The number of carbonyl (C=O) groups is 2. The lowest BCUT2D eigenvalue weighted by molar-refractivity contribution is -0.130. The maximum absolute atomic E-state index is 11.6. The van der Waals surface area contributed by atoms with E-state index in [9.17, 15) is 9.59 Å². The van der Waals surface area contributed by atoms with Crippen LogP contribution in [0.15, 0.2) is 0 Å². The second kappa shape index (κ2) is 7.14. The van der Waals surface area contributed by atoms with Crippen LogP contribution in [0.1, 0.15) is 39.5 Å². The van der Waals surface area contributed by atoms with E-state index in [4.69, 9.17) is 0 Å². The summed E-state index contributed by atoms with van der Waals surface area (Å²) >= 11 is 0. The smallest absolute Gasteiger partial charge is 0.315 e. The topological polar surface area (TPSA) is 61.4 Å². The van der Waals surface area contributed by atoms with Crippen molar-refractivity contribution in [3.8, 4) is 0 Å². The Morgan fingerprint density at radius 1 is 1.24 bits per heavy atom. The Balaban J connectivity index is 2.09. The highest BCUT2D eigenvalue weighted by atomic mass is 16.2. The van der Waals surface area contributed by atoms with Crippen molar-refractivity contribution >= 4 is 11.9 Å². The van der Waals surface area contributed by atoms with Crippen molar-refractivity contribution in [1.29, 1.82) is 0 Å². The molecule has 5 heteroatoms. The SMILES string of the molecule is CCN(CC)C(=O)CCNC(=O)NC1CCC1. The Hall–Kier alpha value is -1.26. The summed E-state index contributed by atoms with van der Waals surface area (Å²) in [5, 5.41) is 5.59. The van der Waals surface area contributed by atoms with Gasteiger partial charge in [-0.2, -0.15) is 0 Å². The fraction of sp³-hybridized carbons (Fsp3) is 0.833. The number of carbonyl (C=O) groups excluding carboxylic acids is 2. The van der Waals surface area contributed by atoms with Gasteiger partial charge in [0.05, 0.1) is 0 Å². The minimum absolute atomic E-state index is 0.0962. The molecule has 1 aliphatic carbocycles. The molecule has 1 saturated carbocycles. The van der Waals surface area contributed by atoms with E-state index in [0.29, 0.717) is 19.0 Å². The van der Waals surface area contributed by atoms with Crippen molar-refractivity contribution in [3.63, 3.8) is 0 Å². The van der Waals surface area contributed by atoms with Gasteiger partial charge in [0.15, 0.2) is 0 Å². The molecule has 0 aromatic heterocycles. The summed E-state index contributed by atoms with van der Waals surface area (Å²) in [4.78, 5) is 24.8. The van der Waals surface area contributed by atoms with Crippen LogP contribution < -0.4 is 10.6 Å². The van der Waals surface area contributed by atoms with Crippen molar-refractivity contribution < 1.29 is 9.59 Å². The third-order valence-electron chi connectivity index (χ3n) is 3.18. The Labute approximate surface area is 103 Å². The molecule has 0 radical (unpaired) electrons. The lowest BCUT2D eigenvalue weighted by Gasteiger charge is -2.26. The monoisotopic (exact) mass is 241 g/mol. The van der Waals surface area contributed by atoms with E-state index in [2.05, 4.69) is 10.6 Å². The van der Waals surface area contributed by atoms with Crippen LogP contribution in [0.5, 0.6) is 0 Å². The fourth-order valence-corrected chi connectivity index (χ4v) is 1.81. The van der Waals surface area contributed by atoms with Gasteiger partial charge >= 0.3 is 6.03 Å². The number of nitrogens with one attached hydrogen (secondary N) is 2. The zero-order valence-corrected chi connectivity index (χ0v) is 10.8. The molecule has 0 aromatic rings. The second-order valence-corrected chi connectivity index (χ2v) is 4.34. The summed E-state index contributed by atoms with van der Waals surface area (Å²) < 4.78 is 0. The van der Waals surface area contributed by atoms with E-state index < -0.39 is 0 Å². The first-order valence-electron chi connectivity index (χ1n) is 6.49. The Kier molecular flexibility index (Phi) is 5.80. The fourth-order valence-electron chi connectivity index (χ4n) is 1.81. The molecular weight excluding hydrogens is 218 g/mol. The molecule has 0 aromatic carbocycles. The molecule has 5 nitrogen and oxygen atoms in total. The highest BCUT2D eigenvalue weighted by Crippen LogP contribution is 2.17. The molecule has 1 fully saturated rings. The second-order valence-electron chi connectivity index (χ2n) is 4.34. The van der Waals surface area contributed by atoms with Gasteiger partial charge in [-0.3, -0.25) is 4.79 Å². The molecule has 0 bridgehead atoms. The number of amides is 3. The van der Waals surface area contributed by atoms with Gasteiger partial charge in [0, 0.05) is 32.1 Å². The zero-order valence-electron chi connectivity index (χ0n) is 10.8. The third kappa shape index (κ3) is 4.63. The van der Waals surface area contributed by atoms with Crippen LogP contribution in [0.25, 0.3) is 0 Å². The molecule has 0 atom stereocenters. The predicted octanol–water partition coefficient (Wildman–Crippen LogP) is 1.10. The quantitative estimate of drug-likeness (QED) is 0.731. The average molecular weight is 241 g/mol. The average Bonchev–Trinajstić information content (AvgIpc) is 2.25. The summed E-state index contributed by atoms with van der Waals surface area (Å²) in [6, 6.07) is 0.190. The minimum Gasteiger partial charge on any atom is -0.343 e. The van der Waals surface area contributed by atoms with Crippen molar-refractivity contribution in [2.24, 2.45) is 0 Å². The van der Waals surface area contributed by atoms with E-state index >= 15 is 0 Å². The van der Waals surface area contributed by atoms with Gasteiger partial charge in [0.2, 0.25) is 5.91 Å². The molecule has 1 rings (SSSR count). The summed E-state index contributed by atoms with van der Waals surface area (Å²) in [5.41, 5.74) is 0. The Bertz CT molecular complexity index is 260. The summed E-state index contributed by atoms with van der Waals surface area (Å²) in [6.07, 6.45) is 3.72. The summed E-state index contributed by atoms with van der Waals surface area (Å²) in [5.74, 6) is 0.0962.